The van der Waals surface area contributed by atoms with Gasteiger partial charge in [0.15, 0.2) is 11.6 Å². The number of methoxy groups -OCH3 is 1. The van der Waals surface area contributed by atoms with Crippen LogP contribution in [0.4, 0.5) is 4.39 Å². The van der Waals surface area contributed by atoms with Gasteiger partial charge in [-0.2, -0.15) is 5.26 Å². The van der Waals surface area contributed by atoms with E-state index in [9.17, 15) is 4.39 Å². The molecule has 0 atom stereocenters. The third-order valence-electron chi connectivity index (χ3n) is 2.06. The summed E-state index contributed by atoms with van der Waals surface area (Å²) in [6.07, 6.45) is 0.924. The second kappa shape index (κ2) is 4.61. The molecule has 1 rings (SSSR count). The van der Waals surface area contributed by atoms with E-state index in [1.165, 1.54) is 13.2 Å². The van der Waals surface area contributed by atoms with Gasteiger partial charge in [-0.15, -0.1) is 0 Å². The molecule has 0 saturated carbocycles. The van der Waals surface area contributed by atoms with Gasteiger partial charge in [0.05, 0.1) is 19.6 Å². The van der Waals surface area contributed by atoms with E-state index in [0.29, 0.717) is 5.56 Å². The average Bonchev–Trinajstić information content (AvgIpc) is 2.18. The van der Waals surface area contributed by atoms with E-state index < -0.39 is 5.82 Å². The van der Waals surface area contributed by atoms with E-state index >= 15 is 0 Å². The highest BCUT2D eigenvalue weighted by Gasteiger charge is 2.10. The molecule has 0 aliphatic carbocycles. The summed E-state index contributed by atoms with van der Waals surface area (Å²) in [5, 5.41) is 8.57. The monoisotopic (exact) mass is 193 g/mol. The number of aryl methyl sites for hydroxylation is 1. The van der Waals surface area contributed by atoms with Crippen molar-refractivity contribution in [3.63, 3.8) is 0 Å². The topological polar surface area (TPSA) is 33.0 Å². The SMILES string of the molecule is CCc1cc(F)c(OC)c(CC#N)c1. The number of rotatable bonds is 3. The number of nitriles is 1. The molecule has 74 valence electrons. The summed E-state index contributed by atoms with van der Waals surface area (Å²) in [5.74, 6) is -0.208. The van der Waals surface area contributed by atoms with Crippen molar-refractivity contribution in [2.75, 3.05) is 7.11 Å². The van der Waals surface area contributed by atoms with Crippen LogP contribution in [-0.4, -0.2) is 7.11 Å². The quantitative estimate of drug-likeness (QED) is 0.738. The lowest BCUT2D eigenvalue weighted by Gasteiger charge is -2.08. The number of halogens is 1. The van der Waals surface area contributed by atoms with Crippen LogP contribution in [0.3, 0.4) is 0 Å². The number of nitrogens with zero attached hydrogens (tertiary/aromatic N) is 1. The van der Waals surface area contributed by atoms with Crippen LogP contribution < -0.4 is 4.74 Å². The standard InChI is InChI=1S/C11H12FNO/c1-3-8-6-9(4-5-13)11(14-2)10(12)7-8/h6-7H,3-4H2,1-2H3. The molecule has 2 nitrogen and oxygen atoms in total. The maximum atomic E-state index is 13.4. The molecule has 0 unspecified atom stereocenters. The molecule has 0 fully saturated rings. The van der Waals surface area contributed by atoms with Crippen LogP contribution in [0.15, 0.2) is 12.1 Å². The molecule has 3 heteroatoms. The van der Waals surface area contributed by atoms with E-state index in [1.54, 1.807) is 0 Å². The zero-order valence-electron chi connectivity index (χ0n) is 8.30. The number of hydrogen-bond acceptors (Lipinski definition) is 2. The lowest BCUT2D eigenvalue weighted by atomic mass is 10.1. The van der Waals surface area contributed by atoms with Crippen molar-refractivity contribution in [2.24, 2.45) is 0 Å². The molecule has 0 spiro atoms. The van der Waals surface area contributed by atoms with Gasteiger partial charge < -0.3 is 4.74 Å². The minimum Gasteiger partial charge on any atom is -0.493 e. The molecule has 0 bridgehead atoms. The summed E-state index contributed by atoms with van der Waals surface area (Å²) in [4.78, 5) is 0. The zero-order valence-corrected chi connectivity index (χ0v) is 8.30. The van der Waals surface area contributed by atoms with E-state index in [1.807, 2.05) is 19.1 Å². The predicted octanol–water partition coefficient (Wildman–Crippen LogP) is 2.46. The fourth-order valence-electron chi connectivity index (χ4n) is 1.36. The first-order valence-electron chi connectivity index (χ1n) is 4.45. The summed E-state index contributed by atoms with van der Waals surface area (Å²) in [7, 11) is 1.41. The third-order valence-corrected chi connectivity index (χ3v) is 2.06. The molecule has 0 radical (unpaired) electrons. The number of hydrogen-bond donors (Lipinski definition) is 0. The molecule has 0 N–H and O–H groups in total. The fourth-order valence-corrected chi connectivity index (χ4v) is 1.36. The van der Waals surface area contributed by atoms with Crippen molar-refractivity contribution < 1.29 is 9.13 Å². The summed E-state index contributed by atoms with van der Waals surface area (Å²) in [6.45, 7) is 1.94. The molecule has 0 amide bonds. The maximum absolute atomic E-state index is 13.4. The van der Waals surface area contributed by atoms with Crippen LogP contribution in [0.5, 0.6) is 5.75 Å². The van der Waals surface area contributed by atoms with Gasteiger partial charge in [0.25, 0.3) is 0 Å². The van der Waals surface area contributed by atoms with Crippen molar-refractivity contribution in [2.45, 2.75) is 19.8 Å². The highest BCUT2D eigenvalue weighted by atomic mass is 19.1. The van der Waals surface area contributed by atoms with Crippen LogP contribution in [0.25, 0.3) is 0 Å². The second-order valence-electron chi connectivity index (χ2n) is 2.96. The minimum absolute atomic E-state index is 0.175. The Morgan fingerprint density at radius 2 is 2.21 bits per heavy atom. The van der Waals surface area contributed by atoms with Gasteiger partial charge in [-0.3, -0.25) is 0 Å². The first-order chi connectivity index (χ1) is 6.72. The van der Waals surface area contributed by atoms with Crippen molar-refractivity contribution in [1.82, 2.24) is 0 Å². The normalized spacial score (nSPS) is 9.57. The highest BCUT2D eigenvalue weighted by molar-refractivity contribution is 5.40. The summed E-state index contributed by atoms with van der Waals surface area (Å²) < 4.78 is 18.3. The first kappa shape index (κ1) is 10.5. The Bertz CT molecular complexity index is 368. The van der Waals surface area contributed by atoms with Gasteiger partial charge in [-0.1, -0.05) is 13.0 Å². The number of ether oxygens (including phenoxy) is 1. The summed E-state index contributed by atoms with van der Waals surface area (Å²) in [6, 6.07) is 5.25. The van der Waals surface area contributed by atoms with E-state index in [-0.39, 0.29) is 12.2 Å². The second-order valence-corrected chi connectivity index (χ2v) is 2.96. The van der Waals surface area contributed by atoms with E-state index in [4.69, 9.17) is 10.00 Å². The zero-order chi connectivity index (χ0) is 10.6. The molecule has 0 aromatic heterocycles. The van der Waals surface area contributed by atoms with Crippen molar-refractivity contribution in [3.05, 3.63) is 29.1 Å². The van der Waals surface area contributed by atoms with Crippen LogP contribution in [0, 0.1) is 17.1 Å². The fraction of sp³-hybridized carbons (Fsp3) is 0.364. The van der Waals surface area contributed by atoms with Gasteiger partial charge >= 0.3 is 0 Å². The average molecular weight is 193 g/mol. The molecule has 0 heterocycles. The lowest BCUT2D eigenvalue weighted by molar-refractivity contribution is 0.382. The van der Waals surface area contributed by atoms with Gasteiger partial charge in [0.1, 0.15) is 0 Å². The van der Waals surface area contributed by atoms with Crippen molar-refractivity contribution >= 4 is 0 Å². The molecule has 0 saturated heterocycles. The predicted molar refractivity (Wildman–Crippen MR) is 51.6 cm³/mol. The van der Waals surface area contributed by atoms with Crippen LogP contribution in [-0.2, 0) is 12.8 Å². The molecule has 14 heavy (non-hydrogen) atoms. The summed E-state index contributed by atoms with van der Waals surface area (Å²) in [5.41, 5.74) is 1.50. The van der Waals surface area contributed by atoms with Gasteiger partial charge in [0, 0.05) is 5.56 Å². The van der Waals surface area contributed by atoms with Gasteiger partial charge in [-0.25, -0.2) is 4.39 Å². The van der Waals surface area contributed by atoms with Crippen LogP contribution >= 0.6 is 0 Å². The lowest BCUT2D eigenvalue weighted by Crippen LogP contribution is -1.97. The van der Waals surface area contributed by atoms with Crippen LogP contribution in [0.1, 0.15) is 18.1 Å². The molecule has 0 aliphatic heterocycles. The Morgan fingerprint density at radius 1 is 1.50 bits per heavy atom. The Balaban J connectivity index is 3.22. The molecule has 0 aliphatic rings. The van der Waals surface area contributed by atoms with Crippen molar-refractivity contribution in [3.8, 4) is 11.8 Å². The summed E-state index contributed by atoms with van der Waals surface area (Å²) >= 11 is 0. The Morgan fingerprint density at radius 3 is 2.71 bits per heavy atom. The Kier molecular flexibility index (Phi) is 3.47. The molecule has 1 aromatic carbocycles. The van der Waals surface area contributed by atoms with E-state index in [0.717, 1.165) is 12.0 Å². The van der Waals surface area contributed by atoms with Crippen molar-refractivity contribution in [1.29, 1.82) is 5.26 Å². The minimum atomic E-state index is -0.392. The first-order valence-corrected chi connectivity index (χ1v) is 4.45. The van der Waals surface area contributed by atoms with E-state index in [2.05, 4.69) is 0 Å². The Hall–Kier alpha value is -1.56. The molecular weight excluding hydrogens is 181 g/mol. The Labute approximate surface area is 82.9 Å². The number of benzene rings is 1. The van der Waals surface area contributed by atoms with Gasteiger partial charge in [-0.05, 0) is 18.1 Å². The molecule has 1 aromatic rings. The smallest absolute Gasteiger partial charge is 0.165 e. The maximum Gasteiger partial charge on any atom is 0.165 e. The van der Waals surface area contributed by atoms with Gasteiger partial charge in [0.2, 0.25) is 0 Å². The van der Waals surface area contributed by atoms with Crippen LogP contribution in [0.2, 0.25) is 0 Å². The largest absolute Gasteiger partial charge is 0.493 e. The highest BCUT2D eigenvalue weighted by Crippen LogP contribution is 2.24. The third kappa shape index (κ3) is 2.02. The molecular formula is C11H12FNO.